The summed E-state index contributed by atoms with van der Waals surface area (Å²) in [6.45, 7) is 1.88. The number of hydrogen-bond acceptors (Lipinski definition) is 5. The number of halogens is 1. The van der Waals surface area contributed by atoms with Gasteiger partial charge in [-0.05, 0) is 55.7 Å². The molecule has 5 amide bonds. The highest BCUT2D eigenvalue weighted by Gasteiger charge is 2.46. The van der Waals surface area contributed by atoms with E-state index in [1.54, 1.807) is 91.9 Å². The quantitative estimate of drug-likeness (QED) is 0.117. The van der Waals surface area contributed by atoms with Crippen LogP contribution in [0.15, 0.2) is 84.9 Å². The van der Waals surface area contributed by atoms with Crippen LogP contribution in [-0.2, 0) is 14.4 Å². The smallest absolute Gasteiger partial charge is 0.261 e. The first-order valence-corrected chi connectivity index (χ1v) is 14.3. The Balaban J connectivity index is 1.40. The monoisotopic (exact) mass is 618 g/mol. The molecule has 0 spiro atoms. The number of imide groups is 1. The molecule has 4 rings (SSSR count). The number of nitrogens with one attached hydrogen (secondary N) is 3. The third kappa shape index (κ3) is 6.71. The Morgan fingerprint density at radius 1 is 0.756 bits per heavy atom. The molecule has 1 heterocycles. The molecule has 3 N–H and O–H groups in total. The van der Waals surface area contributed by atoms with Crippen LogP contribution < -0.4 is 16.0 Å². The molecule has 0 bridgehead atoms. The molecule has 0 aromatic heterocycles. The molecular weight excluding hydrogens is 588 g/mol. The molecule has 10 heteroatoms. The second kappa shape index (κ2) is 13.4. The summed E-state index contributed by atoms with van der Waals surface area (Å²) in [6, 6.07) is 24.1. The lowest BCUT2D eigenvalue weighted by Crippen LogP contribution is -2.64. The van der Waals surface area contributed by atoms with Crippen molar-refractivity contribution in [1.29, 1.82) is 0 Å². The minimum absolute atomic E-state index is 0.00443. The van der Waals surface area contributed by atoms with Crippen LogP contribution >= 0.6 is 15.9 Å². The first kappa shape index (κ1) is 29.7. The van der Waals surface area contributed by atoms with E-state index < -0.39 is 28.1 Å². The zero-order valence-electron chi connectivity index (χ0n) is 22.6. The summed E-state index contributed by atoms with van der Waals surface area (Å²) in [4.78, 5) is 66.1. The Hall–Kier alpha value is -4.31. The van der Waals surface area contributed by atoms with Gasteiger partial charge in [0.05, 0.1) is 16.0 Å². The van der Waals surface area contributed by atoms with Crippen molar-refractivity contribution in [2.45, 2.75) is 43.0 Å². The molecule has 0 fully saturated rings. The van der Waals surface area contributed by atoms with Crippen LogP contribution in [0.3, 0.4) is 0 Å². The van der Waals surface area contributed by atoms with Gasteiger partial charge < -0.3 is 16.0 Å². The Morgan fingerprint density at radius 2 is 1.22 bits per heavy atom. The third-order valence-corrected chi connectivity index (χ3v) is 7.83. The van der Waals surface area contributed by atoms with Crippen LogP contribution in [0, 0.1) is 0 Å². The normalized spacial score (nSPS) is 13.4. The minimum atomic E-state index is -1.89. The lowest BCUT2D eigenvalue weighted by Gasteiger charge is -2.32. The number of rotatable bonds is 12. The third-order valence-electron chi connectivity index (χ3n) is 6.96. The van der Waals surface area contributed by atoms with E-state index in [2.05, 4.69) is 31.9 Å². The number of unbranched alkanes of at least 4 members (excludes halogenated alkanes) is 1. The van der Waals surface area contributed by atoms with Crippen molar-refractivity contribution < 1.29 is 24.0 Å². The number of anilines is 2. The molecule has 9 nitrogen and oxygen atoms in total. The summed E-state index contributed by atoms with van der Waals surface area (Å²) in [5, 5.41) is 8.19. The van der Waals surface area contributed by atoms with E-state index in [0.717, 1.165) is 0 Å². The molecular formula is C31H31BrN4O5. The molecule has 1 atom stereocenters. The van der Waals surface area contributed by atoms with Crippen molar-refractivity contribution >= 4 is 56.8 Å². The summed E-state index contributed by atoms with van der Waals surface area (Å²) in [5.74, 6) is -2.50. The highest BCUT2D eigenvalue weighted by Crippen LogP contribution is 2.24. The van der Waals surface area contributed by atoms with Gasteiger partial charge in [0.15, 0.2) is 5.54 Å². The Kier molecular flexibility index (Phi) is 9.67. The Bertz CT molecular complexity index is 1340. The molecule has 0 saturated carbocycles. The van der Waals surface area contributed by atoms with Gasteiger partial charge in [-0.25, -0.2) is 0 Å². The van der Waals surface area contributed by atoms with Crippen molar-refractivity contribution in [1.82, 2.24) is 10.2 Å². The van der Waals surface area contributed by atoms with Crippen LogP contribution in [0.25, 0.3) is 0 Å². The van der Waals surface area contributed by atoms with Crippen LogP contribution in [0.4, 0.5) is 11.4 Å². The fraction of sp³-hybridized carbons (Fsp3) is 0.258. The Morgan fingerprint density at radius 3 is 1.68 bits per heavy atom. The average Bonchev–Trinajstić information content (AvgIpc) is 3.23. The van der Waals surface area contributed by atoms with Crippen molar-refractivity contribution in [3.05, 3.63) is 96.1 Å². The first-order valence-electron chi connectivity index (χ1n) is 13.4. The topological polar surface area (TPSA) is 125 Å². The van der Waals surface area contributed by atoms with Crippen molar-refractivity contribution in [2.75, 3.05) is 17.2 Å². The first-order chi connectivity index (χ1) is 19.8. The number of carbonyl (C=O) groups excluding carboxylic acids is 5. The second-order valence-corrected chi connectivity index (χ2v) is 10.8. The molecule has 41 heavy (non-hydrogen) atoms. The predicted molar refractivity (Wildman–Crippen MR) is 160 cm³/mol. The number of amides is 5. The van der Waals surface area contributed by atoms with E-state index in [1.807, 2.05) is 0 Å². The fourth-order valence-corrected chi connectivity index (χ4v) is 5.04. The molecule has 0 saturated heterocycles. The number of nitrogens with zero attached hydrogens (tertiary/aromatic N) is 1. The van der Waals surface area contributed by atoms with Gasteiger partial charge in [0.1, 0.15) is 0 Å². The molecule has 0 radical (unpaired) electrons. The standard InChI is InChI=1S/C31H31BrN4O5/c1-2-31(29(40)33-21-13-5-3-6-14-21,30(41)34-22-15-7-4-8-16-22)35-26(37)25(32)19-11-12-20-36-27(38)23-17-9-10-18-24(23)28(36)39/h3-10,13-18,25H,2,11-12,19-20H2,1H3,(H,33,40)(H,34,41)(H,35,37)/t25-/m0/s1. The largest absolute Gasteiger partial charge is 0.333 e. The van der Waals surface area contributed by atoms with Crippen LogP contribution in [0.2, 0.25) is 0 Å². The number of hydrogen-bond donors (Lipinski definition) is 3. The minimum Gasteiger partial charge on any atom is -0.333 e. The van der Waals surface area contributed by atoms with Gasteiger partial charge in [-0.1, -0.05) is 77.8 Å². The molecule has 1 aliphatic rings. The van der Waals surface area contributed by atoms with Crippen molar-refractivity contribution in [3.8, 4) is 0 Å². The zero-order valence-corrected chi connectivity index (χ0v) is 24.1. The number of carbonyl (C=O) groups is 5. The van der Waals surface area contributed by atoms with Crippen molar-refractivity contribution in [2.24, 2.45) is 0 Å². The summed E-state index contributed by atoms with van der Waals surface area (Å²) in [7, 11) is 0. The van der Waals surface area contributed by atoms with Crippen LogP contribution in [0.1, 0.15) is 53.3 Å². The van der Waals surface area contributed by atoms with Gasteiger partial charge in [-0.3, -0.25) is 28.9 Å². The SMILES string of the molecule is CCC(NC(=O)[C@@H](Br)CCCCN1C(=O)c2ccccc2C1=O)(C(=O)Nc1ccccc1)C(=O)Nc1ccccc1. The van der Waals surface area contributed by atoms with E-state index in [4.69, 9.17) is 0 Å². The van der Waals surface area contributed by atoms with Crippen molar-refractivity contribution in [3.63, 3.8) is 0 Å². The summed E-state index contributed by atoms with van der Waals surface area (Å²) in [5.41, 5.74) is -0.127. The van der Waals surface area contributed by atoms with Crippen LogP contribution in [0.5, 0.6) is 0 Å². The van der Waals surface area contributed by atoms with E-state index >= 15 is 0 Å². The lowest BCUT2D eigenvalue weighted by molar-refractivity contribution is -0.138. The van der Waals surface area contributed by atoms with Gasteiger partial charge in [0.2, 0.25) is 5.91 Å². The second-order valence-electron chi connectivity index (χ2n) is 9.66. The highest BCUT2D eigenvalue weighted by molar-refractivity contribution is 9.10. The molecule has 3 aromatic carbocycles. The Labute approximate surface area is 246 Å². The fourth-order valence-electron chi connectivity index (χ4n) is 4.60. The number of benzene rings is 3. The van der Waals surface area contributed by atoms with E-state index in [1.165, 1.54) is 4.90 Å². The number of fused-ring (bicyclic) bond motifs is 1. The molecule has 0 aliphatic carbocycles. The maximum absolute atomic E-state index is 13.5. The number of alkyl halides is 1. The van der Waals surface area contributed by atoms with Crippen LogP contribution in [-0.4, -0.2) is 51.3 Å². The maximum atomic E-state index is 13.5. The summed E-state index contributed by atoms with van der Waals surface area (Å²) >= 11 is 3.39. The predicted octanol–water partition coefficient (Wildman–Crippen LogP) is 4.76. The highest BCUT2D eigenvalue weighted by atomic mass is 79.9. The van der Waals surface area contributed by atoms with E-state index in [0.29, 0.717) is 41.8 Å². The zero-order chi connectivity index (χ0) is 29.4. The lowest BCUT2D eigenvalue weighted by atomic mass is 9.92. The van der Waals surface area contributed by atoms with E-state index in [-0.39, 0.29) is 24.8 Å². The summed E-state index contributed by atoms with van der Waals surface area (Å²) < 4.78 is 0. The van der Waals surface area contributed by atoms with Gasteiger partial charge in [0, 0.05) is 17.9 Å². The maximum Gasteiger partial charge on any atom is 0.261 e. The molecule has 3 aromatic rings. The molecule has 0 unspecified atom stereocenters. The number of para-hydroxylation sites is 2. The molecule has 1 aliphatic heterocycles. The van der Waals surface area contributed by atoms with Gasteiger partial charge >= 0.3 is 0 Å². The van der Waals surface area contributed by atoms with Gasteiger partial charge in [-0.15, -0.1) is 0 Å². The average molecular weight is 620 g/mol. The van der Waals surface area contributed by atoms with Gasteiger partial charge in [0.25, 0.3) is 23.6 Å². The molecule has 212 valence electrons. The summed E-state index contributed by atoms with van der Waals surface area (Å²) in [6.07, 6.45) is 1.36. The van der Waals surface area contributed by atoms with Gasteiger partial charge in [-0.2, -0.15) is 0 Å². The van der Waals surface area contributed by atoms with E-state index in [9.17, 15) is 24.0 Å².